The molecule has 6 aromatic rings. The molecule has 2 saturated carbocycles. The Morgan fingerprint density at radius 1 is 0.667 bits per heavy atom. The number of amides is 5. The van der Waals surface area contributed by atoms with Gasteiger partial charge in [0.1, 0.15) is 34.7 Å². The number of nitrogens with two attached hydrogens (primary N) is 4. The second-order valence-electron chi connectivity index (χ2n) is 19.4. The lowest BCUT2D eigenvalue weighted by atomic mass is 9.57. The van der Waals surface area contributed by atoms with Crippen LogP contribution < -0.4 is 39.1 Å². The Labute approximate surface area is 438 Å². The van der Waals surface area contributed by atoms with Crippen LogP contribution in [0.3, 0.4) is 0 Å². The lowest BCUT2D eigenvalue weighted by Gasteiger charge is -2.58. The number of carbonyl (C=O) groups excluding carboxylic acids is 6. The molecule has 0 bridgehead atoms. The maximum atomic E-state index is 12.7. The highest BCUT2D eigenvalue weighted by atomic mass is 35.5. The third kappa shape index (κ3) is 11.2. The highest BCUT2D eigenvalue weighted by Gasteiger charge is 2.55. The van der Waals surface area contributed by atoms with Crippen LogP contribution in [-0.4, -0.2) is 95.1 Å². The molecule has 4 fully saturated rings. The number of hydrogen-bond acceptors (Lipinski definition) is 13. The van der Waals surface area contributed by atoms with Crippen molar-refractivity contribution >= 4 is 58.0 Å². The molecule has 6 heterocycles. The smallest absolute Gasteiger partial charge is 0.269 e. The van der Waals surface area contributed by atoms with Gasteiger partial charge in [-0.3, -0.25) is 28.8 Å². The number of nitrogen functional groups attached to an aromatic ring is 2. The van der Waals surface area contributed by atoms with Crippen molar-refractivity contribution in [2.24, 2.45) is 22.3 Å². The Bertz CT molecular complexity index is 3200. The number of pyridine rings is 2. The number of benzene rings is 2. The molecule has 2 aliphatic carbocycles. The average molecular weight is 1040 g/mol. The molecule has 0 radical (unpaired) electrons. The first-order valence-corrected chi connectivity index (χ1v) is 24.8. The number of nitrogens with zero attached hydrogens (tertiary/aromatic N) is 7. The summed E-state index contributed by atoms with van der Waals surface area (Å²) < 4.78 is 2.63. The number of nitrogens with one attached hydrogen (secondary N) is 3. The lowest BCUT2D eigenvalue weighted by molar-refractivity contribution is -0.146. The first-order chi connectivity index (χ1) is 35.9. The predicted octanol–water partition coefficient (Wildman–Crippen LogP) is 5.44. The van der Waals surface area contributed by atoms with Gasteiger partial charge in [0.25, 0.3) is 23.6 Å². The predicted molar refractivity (Wildman–Crippen MR) is 285 cm³/mol. The SMILES string of the molecule is C=CC(=O)Cl.C=CC(=O)N1CC2(CC(c3nc(-c4ccc(C(=O)Nc5cc(CC)ccn5)cc4)c(C(N)=O)n3N)C2)C1.CCc1ccnc(NC(=O)c2ccc(-c3nc(C4CC5(CNC5)C4)n(N)c3C(N)=O)cc2)c1. The van der Waals surface area contributed by atoms with E-state index >= 15 is 0 Å². The molecule has 10 rings (SSSR count). The highest BCUT2D eigenvalue weighted by Crippen LogP contribution is 2.56. The van der Waals surface area contributed by atoms with Crippen molar-refractivity contribution in [2.75, 3.05) is 48.5 Å². The largest absolute Gasteiger partial charge is 0.364 e. The van der Waals surface area contributed by atoms with Gasteiger partial charge >= 0.3 is 0 Å². The van der Waals surface area contributed by atoms with Gasteiger partial charge in [-0.2, -0.15) is 0 Å². The summed E-state index contributed by atoms with van der Waals surface area (Å²) in [6, 6.07) is 21.1. The van der Waals surface area contributed by atoms with Crippen LogP contribution >= 0.6 is 11.6 Å². The van der Waals surface area contributed by atoms with E-state index in [9.17, 15) is 28.8 Å². The Hall–Kier alpha value is -8.49. The third-order valence-electron chi connectivity index (χ3n) is 14.3. The van der Waals surface area contributed by atoms with Crippen LogP contribution in [0.4, 0.5) is 11.6 Å². The molecule has 2 spiro atoms. The number of likely N-dealkylation sites (tertiary alicyclic amines) is 1. The number of primary amides is 2. The summed E-state index contributed by atoms with van der Waals surface area (Å²) in [5.41, 5.74) is 17.2. The van der Waals surface area contributed by atoms with Crippen LogP contribution in [0.2, 0.25) is 0 Å². The number of hydrogen-bond donors (Lipinski definition) is 7. The summed E-state index contributed by atoms with van der Waals surface area (Å²) in [7, 11) is 0. The molecule has 11 N–H and O–H groups in total. The van der Waals surface area contributed by atoms with Gasteiger partial charge in [0.05, 0.1) is 0 Å². The van der Waals surface area contributed by atoms with Gasteiger partial charge in [-0.05, 0) is 127 Å². The molecule has 75 heavy (non-hydrogen) atoms. The number of rotatable bonds is 14. The standard InChI is InChI=1S/C27H29N7O3.C24H27N7O2.C3H3ClO/c1-3-16-9-10-30-20(11-16)31-26(37)18-7-5-17(6-8-18)22-23(24(28)36)34(29)25(32-22)19-12-27(13-19)14-33(15-27)21(35)4-2;1-2-14-7-8-28-18(9-14)29-23(33)16-5-3-15(4-6-16)19-20(21(25)32)31(26)22(30-19)17-10-24(11-17)12-27-13-24;1-2-3(4)5/h4-11,19H,2-3,12-15,29H2,1H3,(H2,28,36)(H,30,31,37);3-9,17,27H,2,10-13,26H2,1H3,(H2,25,32)(H,28,29,33);2H,1H2. The van der Waals surface area contributed by atoms with Gasteiger partial charge < -0.3 is 44.0 Å². The van der Waals surface area contributed by atoms with E-state index in [0.29, 0.717) is 75.4 Å². The normalized spacial score (nSPS) is 16.5. The summed E-state index contributed by atoms with van der Waals surface area (Å²) in [5.74, 6) is 13.1. The number of aromatic nitrogens is 6. The molecule has 21 heteroatoms. The molecule has 0 unspecified atom stereocenters. The lowest BCUT2D eigenvalue weighted by Crippen LogP contribution is -2.63. The molecule has 388 valence electrons. The Morgan fingerprint density at radius 3 is 1.40 bits per heavy atom. The van der Waals surface area contributed by atoms with Gasteiger partial charge in [-0.25, -0.2) is 29.3 Å². The van der Waals surface area contributed by atoms with Crippen LogP contribution in [0.15, 0.2) is 111 Å². The maximum absolute atomic E-state index is 12.7. The Balaban J connectivity index is 0.000000184. The van der Waals surface area contributed by atoms with Crippen LogP contribution in [-0.2, 0) is 22.4 Å². The van der Waals surface area contributed by atoms with Crippen LogP contribution in [0, 0.1) is 10.8 Å². The summed E-state index contributed by atoms with van der Waals surface area (Å²) in [6.07, 6.45) is 11.1. The zero-order chi connectivity index (χ0) is 53.8. The fourth-order valence-electron chi connectivity index (χ4n) is 10.2. The van der Waals surface area contributed by atoms with E-state index < -0.39 is 17.1 Å². The molecule has 2 aliphatic heterocycles. The van der Waals surface area contributed by atoms with Crippen molar-refractivity contribution in [2.45, 2.75) is 64.2 Å². The second-order valence-corrected chi connectivity index (χ2v) is 19.8. The maximum Gasteiger partial charge on any atom is 0.269 e. The monoisotopic (exact) mass is 1030 g/mol. The minimum absolute atomic E-state index is 0.0597. The van der Waals surface area contributed by atoms with Crippen molar-refractivity contribution in [3.05, 3.63) is 156 Å². The van der Waals surface area contributed by atoms with Gasteiger partial charge in [0.15, 0.2) is 11.4 Å². The van der Waals surface area contributed by atoms with E-state index in [4.69, 9.17) is 44.7 Å². The first kappa shape index (κ1) is 52.8. The summed E-state index contributed by atoms with van der Waals surface area (Å²) in [6.45, 7) is 14.1. The molecule has 4 aromatic heterocycles. The zero-order valence-corrected chi connectivity index (χ0v) is 42.4. The summed E-state index contributed by atoms with van der Waals surface area (Å²) in [4.78, 5) is 90.7. The molecule has 20 nitrogen and oxygen atoms in total. The topological polar surface area (TPSA) is 307 Å². The molecular weight excluding hydrogens is 976 g/mol. The zero-order valence-electron chi connectivity index (χ0n) is 41.6. The van der Waals surface area contributed by atoms with E-state index in [0.717, 1.165) is 68.8 Å². The number of imidazole rings is 2. The Kier molecular flexibility index (Phi) is 15.4. The van der Waals surface area contributed by atoms with Crippen LogP contribution in [0.5, 0.6) is 0 Å². The van der Waals surface area contributed by atoms with E-state index in [2.05, 4.69) is 39.1 Å². The van der Waals surface area contributed by atoms with Crippen molar-refractivity contribution in [3.63, 3.8) is 0 Å². The van der Waals surface area contributed by atoms with Crippen molar-refractivity contribution in [3.8, 4) is 22.5 Å². The fraction of sp³-hybridized carbons (Fsp3) is 0.296. The number of carbonyl (C=O) groups is 6. The molecule has 0 atom stereocenters. The van der Waals surface area contributed by atoms with E-state index in [-0.39, 0.29) is 46.4 Å². The minimum Gasteiger partial charge on any atom is -0.364 e. The average Bonchev–Trinajstić information content (AvgIpc) is 3.89. The van der Waals surface area contributed by atoms with Gasteiger partial charge in [0.2, 0.25) is 11.1 Å². The minimum atomic E-state index is -0.680. The van der Waals surface area contributed by atoms with Gasteiger partial charge in [-0.15, -0.1) is 0 Å². The third-order valence-corrected chi connectivity index (χ3v) is 14.4. The number of allylic oxidation sites excluding steroid dienone is 1. The molecule has 5 amide bonds. The number of anilines is 2. The van der Waals surface area contributed by atoms with E-state index in [1.54, 1.807) is 65.8 Å². The molecule has 2 saturated heterocycles. The number of aryl methyl sites for hydroxylation is 2. The Morgan fingerprint density at radius 2 is 1.07 bits per heavy atom. The molecular formula is C54H59ClN14O6. The van der Waals surface area contributed by atoms with Crippen molar-refractivity contribution < 1.29 is 28.8 Å². The van der Waals surface area contributed by atoms with Crippen LogP contribution in [0.1, 0.15) is 116 Å². The van der Waals surface area contributed by atoms with Crippen molar-refractivity contribution in [1.29, 1.82) is 0 Å². The van der Waals surface area contributed by atoms with E-state index in [1.807, 2.05) is 38.1 Å². The van der Waals surface area contributed by atoms with Gasteiger partial charge in [-0.1, -0.05) is 51.3 Å². The fourth-order valence-corrected chi connectivity index (χ4v) is 10.2. The second kappa shape index (κ2) is 21.9. The van der Waals surface area contributed by atoms with Crippen molar-refractivity contribution in [1.82, 2.24) is 39.5 Å². The number of halogens is 1. The molecule has 4 aliphatic rings. The first-order valence-electron chi connectivity index (χ1n) is 24.4. The van der Waals surface area contributed by atoms with E-state index in [1.165, 1.54) is 15.4 Å². The summed E-state index contributed by atoms with van der Waals surface area (Å²) >= 11 is 4.71. The quantitative estimate of drug-likeness (QED) is 0.0407. The highest BCUT2D eigenvalue weighted by molar-refractivity contribution is 6.66. The van der Waals surface area contributed by atoms with Gasteiger partial charge in [0, 0.05) is 78.1 Å². The van der Waals surface area contributed by atoms with Crippen LogP contribution in [0.25, 0.3) is 22.5 Å². The molecule has 2 aromatic carbocycles. The summed E-state index contributed by atoms with van der Waals surface area (Å²) in [5, 5.41) is 8.43.